The molecule has 0 saturated heterocycles. The number of phenols is 1. The number of aromatic hydroxyl groups is 1. The smallest absolute Gasteiger partial charge is 0.141 e. The van der Waals surface area contributed by atoms with Gasteiger partial charge in [-0.1, -0.05) is 12.1 Å². The fourth-order valence-electron chi connectivity index (χ4n) is 1.91. The second-order valence-electron chi connectivity index (χ2n) is 4.32. The number of phenolic OH excluding ortho intramolecular Hbond substituents is 1. The van der Waals surface area contributed by atoms with Gasteiger partial charge in [0.1, 0.15) is 17.4 Å². The Morgan fingerprint density at radius 1 is 1.00 bits per heavy atom. The molecule has 0 aliphatic heterocycles. The molecule has 0 unspecified atom stereocenters. The molecule has 0 aliphatic carbocycles. The quantitative estimate of drug-likeness (QED) is 0.722. The molecule has 5 heteroatoms. The van der Waals surface area contributed by atoms with E-state index in [-0.39, 0.29) is 5.75 Å². The fourth-order valence-corrected chi connectivity index (χ4v) is 2.66. The molecule has 0 spiro atoms. The normalized spacial score (nSPS) is 10.8. The predicted octanol–water partition coefficient (Wildman–Crippen LogP) is 3.21. The van der Waals surface area contributed by atoms with Gasteiger partial charge in [-0.25, -0.2) is 9.97 Å². The summed E-state index contributed by atoms with van der Waals surface area (Å²) in [6.07, 6.45) is 0. The van der Waals surface area contributed by atoms with Gasteiger partial charge in [0.2, 0.25) is 0 Å². The molecule has 0 amide bonds. The molecule has 20 heavy (non-hydrogen) atoms. The molecule has 3 aromatic rings. The summed E-state index contributed by atoms with van der Waals surface area (Å²) >= 11 is 1.61. The van der Waals surface area contributed by atoms with Crippen LogP contribution in [0.1, 0.15) is 5.82 Å². The van der Waals surface area contributed by atoms with E-state index >= 15 is 0 Å². The van der Waals surface area contributed by atoms with E-state index in [1.807, 2.05) is 36.4 Å². The maximum atomic E-state index is 9.25. The number of thioether (sulfide) groups is 1. The minimum Gasteiger partial charge on any atom is -0.508 e. The van der Waals surface area contributed by atoms with Gasteiger partial charge in [0.05, 0.1) is 11.3 Å². The molecule has 2 aromatic carbocycles. The number of aromatic nitrogens is 2. The summed E-state index contributed by atoms with van der Waals surface area (Å²) in [4.78, 5) is 9.89. The summed E-state index contributed by atoms with van der Waals surface area (Å²) in [5, 5.41) is 10.1. The first kappa shape index (κ1) is 12.7. The number of rotatable bonds is 3. The lowest BCUT2D eigenvalue weighted by molar-refractivity contribution is 0.475. The minimum atomic E-state index is 0.264. The largest absolute Gasteiger partial charge is 0.508 e. The first-order valence-corrected chi connectivity index (χ1v) is 7.14. The highest BCUT2D eigenvalue weighted by atomic mass is 32.2. The van der Waals surface area contributed by atoms with Crippen molar-refractivity contribution < 1.29 is 5.11 Å². The van der Waals surface area contributed by atoms with E-state index in [1.54, 1.807) is 23.9 Å². The lowest BCUT2D eigenvalue weighted by Gasteiger charge is -2.05. The molecule has 100 valence electrons. The number of nitrogens with two attached hydrogens (primary N) is 1. The van der Waals surface area contributed by atoms with Gasteiger partial charge in [-0.3, -0.25) is 0 Å². The zero-order valence-corrected chi connectivity index (χ0v) is 11.5. The standard InChI is InChI=1S/C15H13N3OS/c16-15-12-3-1-2-4-13(12)17-14(18-15)9-20-11-7-5-10(19)6-8-11/h1-8,19H,9H2,(H2,16,17,18). The number of para-hydroxylation sites is 1. The molecular weight excluding hydrogens is 270 g/mol. The van der Waals surface area contributed by atoms with Crippen LogP contribution in [0.3, 0.4) is 0 Å². The zero-order valence-electron chi connectivity index (χ0n) is 10.7. The number of hydrogen-bond acceptors (Lipinski definition) is 5. The Labute approximate surface area is 120 Å². The summed E-state index contributed by atoms with van der Waals surface area (Å²) in [6.45, 7) is 0. The van der Waals surface area contributed by atoms with Crippen molar-refractivity contribution in [3.8, 4) is 5.75 Å². The van der Waals surface area contributed by atoms with Crippen molar-refractivity contribution in [1.82, 2.24) is 9.97 Å². The van der Waals surface area contributed by atoms with E-state index in [4.69, 9.17) is 5.73 Å². The molecule has 1 heterocycles. The lowest BCUT2D eigenvalue weighted by Crippen LogP contribution is -1.99. The molecule has 0 radical (unpaired) electrons. The van der Waals surface area contributed by atoms with Gasteiger partial charge in [-0.05, 0) is 36.4 Å². The lowest BCUT2D eigenvalue weighted by atomic mass is 10.2. The molecular formula is C15H13N3OS. The van der Waals surface area contributed by atoms with Gasteiger partial charge >= 0.3 is 0 Å². The van der Waals surface area contributed by atoms with Crippen molar-refractivity contribution in [2.75, 3.05) is 5.73 Å². The first-order valence-electron chi connectivity index (χ1n) is 6.15. The summed E-state index contributed by atoms with van der Waals surface area (Å²) in [5.41, 5.74) is 6.81. The number of anilines is 1. The SMILES string of the molecule is Nc1nc(CSc2ccc(O)cc2)nc2ccccc12. The van der Waals surface area contributed by atoms with Crippen LogP contribution in [0.5, 0.6) is 5.75 Å². The summed E-state index contributed by atoms with van der Waals surface area (Å²) in [5.74, 6) is 2.12. The number of fused-ring (bicyclic) bond motifs is 1. The van der Waals surface area contributed by atoms with Crippen LogP contribution >= 0.6 is 11.8 Å². The van der Waals surface area contributed by atoms with Crippen molar-refractivity contribution in [2.24, 2.45) is 0 Å². The predicted molar refractivity (Wildman–Crippen MR) is 81.6 cm³/mol. The second kappa shape index (κ2) is 5.38. The molecule has 1 aromatic heterocycles. The van der Waals surface area contributed by atoms with Crippen LogP contribution in [-0.4, -0.2) is 15.1 Å². The highest BCUT2D eigenvalue weighted by molar-refractivity contribution is 7.98. The van der Waals surface area contributed by atoms with Crippen LogP contribution in [0.15, 0.2) is 53.4 Å². The topological polar surface area (TPSA) is 72.0 Å². The monoisotopic (exact) mass is 283 g/mol. The minimum absolute atomic E-state index is 0.264. The second-order valence-corrected chi connectivity index (χ2v) is 5.37. The maximum absolute atomic E-state index is 9.25. The van der Waals surface area contributed by atoms with Crippen LogP contribution in [-0.2, 0) is 5.75 Å². The Morgan fingerprint density at radius 3 is 2.55 bits per heavy atom. The van der Waals surface area contributed by atoms with E-state index in [0.29, 0.717) is 17.4 Å². The average Bonchev–Trinajstić information content (AvgIpc) is 2.47. The van der Waals surface area contributed by atoms with Crippen molar-refractivity contribution in [3.63, 3.8) is 0 Å². The number of benzene rings is 2. The third-order valence-corrected chi connectivity index (χ3v) is 3.89. The Hall–Kier alpha value is -2.27. The van der Waals surface area contributed by atoms with Crippen LogP contribution < -0.4 is 5.73 Å². The zero-order chi connectivity index (χ0) is 13.9. The van der Waals surface area contributed by atoms with E-state index in [1.165, 1.54) is 0 Å². The van der Waals surface area contributed by atoms with Crippen LogP contribution in [0, 0.1) is 0 Å². The van der Waals surface area contributed by atoms with Crippen molar-refractivity contribution in [3.05, 3.63) is 54.4 Å². The van der Waals surface area contributed by atoms with Gasteiger partial charge in [-0.15, -0.1) is 11.8 Å². The van der Waals surface area contributed by atoms with E-state index in [2.05, 4.69) is 9.97 Å². The Morgan fingerprint density at radius 2 is 1.75 bits per heavy atom. The van der Waals surface area contributed by atoms with Gasteiger partial charge in [0.25, 0.3) is 0 Å². The molecule has 0 aliphatic rings. The molecule has 3 rings (SSSR count). The highest BCUT2D eigenvalue weighted by Crippen LogP contribution is 2.25. The molecule has 4 nitrogen and oxygen atoms in total. The van der Waals surface area contributed by atoms with Gasteiger partial charge in [0, 0.05) is 10.3 Å². The summed E-state index contributed by atoms with van der Waals surface area (Å²) in [6, 6.07) is 14.8. The number of nitrogen functional groups attached to an aromatic ring is 1. The van der Waals surface area contributed by atoms with Gasteiger partial charge < -0.3 is 10.8 Å². The molecule has 0 saturated carbocycles. The van der Waals surface area contributed by atoms with Gasteiger partial charge in [-0.2, -0.15) is 0 Å². The third-order valence-electron chi connectivity index (χ3n) is 2.88. The molecule has 0 bridgehead atoms. The van der Waals surface area contributed by atoms with Crippen molar-refractivity contribution >= 4 is 28.5 Å². The number of nitrogens with zero attached hydrogens (tertiary/aromatic N) is 2. The molecule has 3 N–H and O–H groups in total. The van der Waals surface area contributed by atoms with Crippen LogP contribution in [0.2, 0.25) is 0 Å². The van der Waals surface area contributed by atoms with Crippen molar-refractivity contribution in [1.29, 1.82) is 0 Å². The van der Waals surface area contributed by atoms with Crippen molar-refractivity contribution in [2.45, 2.75) is 10.6 Å². The highest BCUT2D eigenvalue weighted by Gasteiger charge is 2.05. The van der Waals surface area contributed by atoms with Gasteiger partial charge in [0.15, 0.2) is 0 Å². The first-order chi connectivity index (χ1) is 9.72. The van der Waals surface area contributed by atoms with E-state index in [9.17, 15) is 5.11 Å². The third kappa shape index (κ3) is 2.67. The number of hydrogen-bond donors (Lipinski definition) is 2. The summed E-state index contributed by atoms with van der Waals surface area (Å²) in [7, 11) is 0. The molecule has 0 fully saturated rings. The summed E-state index contributed by atoms with van der Waals surface area (Å²) < 4.78 is 0. The van der Waals surface area contributed by atoms with E-state index in [0.717, 1.165) is 15.8 Å². The van der Waals surface area contributed by atoms with E-state index < -0.39 is 0 Å². The van der Waals surface area contributed by atoms with Crippen LogP contribution in [0.4, 0.5) is 5.82 Å². The fraction of sp³-hybridized carbons (Fsp3) is 0.0667. The molecule has 0 atom stereocenters. The Balaban J connectivity index is 1.82. The van der Waals surface area contributed by atoms with Crippen LogP contribution in [0.25, 0.3) is 10.9 Å². The Kier molecular flexibility index (Phi) is 3.43. The Bertz CT molecular complexity index is 744. The maximum Gasteiger partial charge on any atom is 0.141 e. The average molecular weight is 283 g/mol.